The Hall–Kier alpha value is -1.87. The fraction of sp³-hybridized carbons (Fsp3) is 0.308. The number of rotatable bonds is 4. The van der Waals surface area contributed by atoms with Gasteiger partial charge in [0, 0.05) is 30.9 Å². The quantitative estimate of drug-likeness (QED) is 0.873. The van der Waals surface area contributed by atoms with Crippen molar-refractivity contribution in [2.24, 2.45) is 7.05 Å². The monoisotopic (exact) mass is 333 g/mol. The van der Waals surface area contributed by atoms with Gasteiger partial charge in [-0.2, -0.15) is 5.10 Å². The van der Waals surface area contributed by atoms with Crippen LogP contribution in [-0.4, -0.2) is 18.2 Å². The number of sulfonamides is 1. The Kier molecular flexibility index (Phi) is 4.30. The highest BCUT2D eigenvalue weighted by atomic mass is 32.2. The summed E-state index contributed by atoms with van der Waals surface area (Å²) in [5, 5.41) is 4.08. The second-order valence-corrected chi connectivity index (χ2v) is 6.57. The zero-order chi connectivity index (χ0) is 16.7. The van der Waals surface area contributed by atoms with Crippen LogP contribution in [0.2, 0.25) is 0 Å². The van der Waals surface area contributed by atoms with Crippen molar-refractivity contribution in [1.29, 1.82) is 0 Å². The zero-order valence-electron chi connectivity index (χ0n) is 12.1. The maximum atomic E-state index is 13.6. The standard InChI is InChI=1S/C13H14F3N3O2S/c1-7-9(6-19(3)17-7)8(2)18-22(20,21)13-5-11(15)10(14)4-12(13)16/h4-6,8,18H,1-3H3. The van der Waals surface area contributed by atoms with Crippen LogP contribution in [0, 0.1) is 24.4 Å². The third kappa shape index (κ3) is 3.14. The summed E-state index contributed by atoms with van der Waals surface area (Å²) in [5.74, 6) is -4.25. The summed E-state index contributed by atoms with van der Waals surface area (Å²) in [6, 6.07) is -0.203. The molecule has 0 aliphatic rings. The lowest BCUT2D eigenvalue weighted by atomic mass is 10.1. The number of hydrogen-bond donors (Lipinski definition) is 1. The summed E-state index contributed by atoms with van der Waals surface area (Å²) >= 11 is 0. The molecular weight excluding hydrogens is 319 g/mol. The van der Waals surface area contributed by atoms with Crippen molar-refractivity contribution in [3.05, 3.63) is 47.0 Å². The largest absolute Gasteiger partial charge is 0.275 e. The summed E-state index contributed by atoms with van der Waals surface area (Å²) in [5.41, 5.74) is 1.19. The molecule has 0 aliphatic carbocycles. The lowest BCUT2D eigenvalue weighted by Crippen LogP contribution is -2.28. The van der Waals surface area contributed by atoms with Crippen molar-refractivity contribution in [2.75, 3.05) is 0 Å². The van der Waals surface area contributed by atoms with Crippen LogP contribution in [0.4, 0.5) is 13.2 Å². The predicted molar refractivity (Wildman–Crippen MR) is 73.0 cm³/mol. The van der Waals surface area contributed by atoms with E-state index in [2.05, 4.69) is 9.82 Å². The molecule has 1 atom stereocenters. The second-order valence-electron chi connectivity index (χ2n) is 4.88. The van der Waals surface area contributed by atoms with Gasteiger partial charge < -0.3 is 0 Å². The highest BCUT2D eigenvalue weighted by molar-refractivity contribution is 7.89. The molecule has 1 aromatic heterocycles. The molecule has 0 radical (unpaired) electrons. The molecule has 1 unspecified atom stereocenters. The van der Waals surface area contributed by atoms with Crippen LogP contribution in [0.1, 0.15) is 24.2 Å². The third-order valence-corrected chi connectivity index (χ3v) is 4.67. The average molecular weight is 333 g/mol. The van der Waals surface area contributed by atoms with Gasteiger partial charge in [0.25, 0.3) is 0 Å². The molecule has 2 aromatic rings. The predicted octanol–water partition coefficient (Wildman–Crippen LogP) is 2.19. The summed E-state index contributed by atoms with van der Waals surface area (Å²) in [7, 11) is -2.68. The van der Waals surface area contributed by atoms with Gasteiger partial charge in [0.05, 0.1) is 5.69 Å². The number of halogens is 3. The van der Waals surface area contributed by atoms with Gasteiger partial charge in [0.2, 0.25) is 10.0 Å². The first-order chi connectivity index (χ1) is 10.1. The minimum Gasteiger partial charge on any atom is -0.275 e. The number of nitrogens with zero attached hydrogens (tertiary/aromatic N) is 2. The Morgan fingerprint density at radius 2 is 1.77 bits per heavy atom. The lowest BCUT2D eigenvalue weighted by molar-refractivity contribution is 0.480. The molecule has 5 nitrogen and oxygen atoms in total. The third-order valence-electron chi connectivity index (χ3n) is 3.11. The molecule has 2 rings (SSSR count). The van der Waals surface area contributed by atoms with Gasteiger partial charge in [0.15, 0.2) is 11.6 Å². The van der Waals surface area contributed by atoms with Crippen LogP contribution in [0.3, 0.4) is 0 Å². The summed E-state index contributed by atoms with van der Waals surface area (Å²) in [4.78, 5) is -0.945. The van der Waals surface area contributed by atoms with Crippen LogP contribution in [-0.2, 0) is 17.1 Å². The number of benzene rings is 1. The molecule has 22 heavy (non-hydrogen) atoms. The second kappa shape index (κ2) is 5.73. The van der Waals surface area contributed by atoms with E-state index in [1.54, 1.807) is 27.1 Å². The molecule has 0 saturated heterocycles. The summed E-state index contributed by atoms with van der Waals surface area (Å²) in [6.07, 6.45) is 1.62. The first kappa shape index (κ1) is 16.5. The van der Waals surface area contributed by atoms with E-state index < -0.39 is 38.4 Å². The van der Waals surface area contributed by atoms with Crippen LogP contribution in [0.15, 0.2) is 23.2 Å². The molecule has 9 heteroatoms. The fourth-order valence-electron chi connectivity index (χ4n) is 2.11. The molecule has 1 heterocycles. The van der Waals surface area contributed by atoms with Crippen LogP contribution in [0.25, 0.3) is 0 Å². The fourth-order valence-corrected chi connectivity index (χ4v) is 3.41. The van der Waals surface area contributed by atoms with Gasteiger partial charge >= 0.3 is 0 Å². The molecule has 120 valence electrons. The average Bonchev–Trinajstić information content (AvgIpc) is 2.72. The van der Waals surface area contributed by atoms with Crippen LogP contribution >= 0.6 is 0 Å². The van der Waals surface area contributed by atoms with E-state index in [4.69, 9.17) is 0 Å². The van der Waals surface area contributed by atoms with Gasteiger partial charge in [-0.05, 0) is 19.9 Å². The first-order valence-corrected chi connectivity index (χ1v) is 7.77. The minimum atomic E-state index is -4.35. The molecule has 0 amide bonds. The van der Waals surface area contributed by atoms with Crippen molar-refractivity contribution in [2.45, 2.75) is 24.8 Å². The highest BCUT2D eigenvalue weighted by Gasteiger charge is 2.25. The van der Waals surface area contributed by atoms with E-state index in [1.807, 2.05) is 0 Å². The van der Waals surface area contributed by atoms with Crippen molar-refractivity contribution >= 4 is 10.0 Å². The zero-order valence-corrected chi connectivity index (χ0v) is 12.9. The Bertz CT molecular complexity index is 818. The Morgan fingerprint density at radius 1 is 1.18 bits per heavy atom. The van der Waals surface area contributed by atoms with Gasteiger partial charge in [0.1, 0.15) is 10.7 Å². The summed E-state index contributed by atoms with van der Waals surface area (Å²) in [6.45, 7) is 3.23. The molecule has 1 N–H and O–H groups in total. The minimum absolute atomic E-state index is 0.198. The van der Waals surface area contributed by atoms with Gasteiger partial charge in [-0.25, -0.2) is 26.3 Å². The molecule has 0 saturated carbocycles. The number of aryl methyl sites for hydroxylation is 2. The van der Waals surface area contributed by atoms with Crippen molar-refractivity contribution in [3.8, 4) is 0 Å². The number of aromatic nitrogens is 2. The highest BCUT2D eigenvalue weighted by Crippen LogP contribution is 2.22. The number of hydrogen-bond acceptors (Lipinski definition) is 3. The Balaban J connectivity index is 2.36. The first-order valence-electron chi connectivity index (χ1n) is 6.29. The Morgan fingerprint density at radius 3 is 2.32 bits per heavy atom. The van der Waals surface area contributed by atoms with E-state index in [0.29, 0.717) is 17.3 Å². The number of nitrogens with one attached hydrogen (secondary N) is 1. The van der Waals surface area contributed by atoms with Crippen LogP contribution < -0.4 is 4.72 Å². The van der Waals surface area contributed by atoms with E-state index in [9.17, 15) is 21.6 Å². The Labute approximate surface area is 125 Å². The normalized spacial score (nSPS) is 13.4. The molecule has 0 fully saturated rings. The van der Waals surface area contributed by atoms with Gasteiger partial charge in [-0.15, -0.1) is 0 Å². The molecule has 1 aromatic carbocycles. The van der Waals surface area contributed by atoms with Gasteiger partial charge in [-0.1, -0.05) is 0 Å². The maximum absolute atomic E-state index is 13.6. The smallest absolute Gasteiger partial charge is 0.244 e. The lowest BCUT2D eigenvalue weighted by Gasteiger charge is -2.14. The van der Waals surface area contributed by atoms with Crippen molar-refractivity contribution < 1.29 is 21.6 Å². The topological polar surface area (TPSA) is 64.0 Å². The van der Waals surface area contributed by atoms with E-state index in [1.165, 1.54) is 4.68 Å². The SMILES string of the molecule is Cc1nn(C)cc1C(C)NS(=O)(=O)c1cc(F)c(F)cc1F. The van der Waals surface area contributed by atoms with Crippen molar-refractivity contribution in [3.63, 3.8) is 0 Å². The van der Waals surface area contributed by atoms with Crippen LogP contribution in [0.5, 0.6) is 0 Å². The van der Waals surface area contributed by atoms with Gasteiger partial charge in [-0.3, -0.25) is 4.68 Å². The summed E-state index contributed by atoms with van der Waals surface area (Å²) < 4.78 is 67.7. The van der Waals surface area contributed by atoms with Crippen molar-refractivity contribution in [1.82, 2.24) is 14.5 Å². The molecule has 0 aliphatic heterocycles. The molecular formula is C13H14F3N3O2S. The maximum Gasteiger partial charge on any atom is 0.244 e. The van der Waals surface area contributed by atoms with E-state index in [0.717, 1.165) is 0 Å². The molecule has 0 bridgehead atoms. The van der Waals surface area contributed by atoms with E-state index >= 15 is 0 Å². The molecule has 0 spiro atoms. The van der Waals surface area contributed by atoms with E-state index in [-0.39, 0.29) is 6.07 Å².